The lowest BCUT2D eigenvalue weighted by Crippen LogP contribution is -2.44. The summed E-state index contributed by atoms with van der Waals surface area (Å²) < 4.78 is 10.4. The van der Waals surface area contributed by atoms with Gasteiger partial charge < -0.3 is 14.6 Å². The minimum absolute atomic E-state index is 0.119. The van der Waals surface area contributed by atoms with E-state index in [1.54, 1.807) is 13.0 Å². The zero-order chi connectivity index (χ0) is 17.6. The van der Waals surface area contributed by atoms with Gasteiger partial charge in [-0.1, -0.05) is 35.0 Å². The van der Waals surface area contributed by atoms with Crippen molar-refractivity contribution in [1.29, 1.82) is 0 Å². The molecular weight excluding hydrogens is 320 g/mol. The summed E-state index contributed by atoms with van der Waals surface area (Å²) in [6, 6.07) is 9.49. The maximum Gasteiger partial charge on any atom is 0.321 e. The fourth-order valence-corrected chi connectivity index (χ4v) is 2.81. The molecule has 0 spiro atoms. The number of benzene rings is 1. The number of amides is 2. The molecule has 2 N–H and O–H groups in total. The third kappa shape index (κ3) is 5.04. The Morgan fingerprint density at radius 3 is 2.60 bits per heavy atom. The van der Waals surface area contributed by atoms with Crippen LogP contribution in [0.15, 0.2) is 34.9 Å². The smallest absolute Gasteiger partial charge is 0.321 e. The van der Waals surface area contributed by atoms with Gasteiger partial charge in [-0.25, -0.2) is 4.79 Å². The molecule has 25 heavy (non-hydrogen) atoms. The topological polar surface area (TPSA) is 79.6 Å². The second kappa shape index (κ2) is 8.13. The van der Waals surface area contributed by atoms with E-state index in [0.29, 0.717) is 11.6 Å². The van der Waals surface area contributed by atoms with E-state index < -0.39 is 0 Å². The average molecular weight is 344 g/mol. The molecule has 1 aliphatic rings. The van der Waals surface area contributed by atoms with Crippen LogP contribution in [-0.2, 0) is 4.74 Å². The molecule has 1 aliphatic heterocycles. The number of nitrogens with zero attached hydrogens (tertiary/aromatic N) is 2. The van der Waals surface area contributed by atoms with E-state index in [1.165, 1.54) is 5.56 Å². The van der Waals surface area contributed by atoms with E-state index in [-0.39, 0.29) is 12.1 Å². The average Bonchev–Trinajstić information content (AvgIpc) is 3.00. The number of rotatable bonds is 5. The van der Waals surface area contributed by atoms with Crippen molar-refractivity contribution in [3.8, 4) is 0 Å². The van der Waals surface area contributed by atoms with E-state index in [4.69, 9.17) is 9.26 Å². The Bertz CT molecular complexity index is 693. The number of ether oxygens (including phenoxy) is 1. The highest BCUT2D eigenvalue weighted by molar-refractivity contribution is 5.88. The second-order valence-corrected chi connectivity index (χ2v) is 6.30. The van der Waals surface area contributed by atoms with Crippen LogP contribution in [0.5, 0.6) is 0 Å². The van der Waals surface area contributed by atoms with Gasteiger partial charge in [-0.05, 0) is 19.4 Å². The van der Waals surface area contributed by atoms with Gasteiger partial charge in [0.25, 0.3) is 0 Å². The largest absolute Gasteiger partial charge is 0.379 e. The van der Waals surface area contributed by atoms with E-state index in [9.17, 15) is 4.79 Å². The molecule has 134 valence electrons. The highest BCUT2D eigenvalue weighted by atomic mass is 16.5. The van der Waals surface area contributed by atoms with Gasteiger partial charge in [0.1, 0.15) is 5.76 Å². The Kier molecular flexibility index (Phi) is 5.67. The second-order valence-electron chi connectivity index (χ2n) is 6.30. The lowest BCUT2D eigenvalue weighted by Gasteiger charge is -2.31. The van der Waals surface area contributed by atoms with Crippen molar-refractivity contribution in [2.45, 2.75) is 19.9 Å². The van der Waals surface area contributed by atoms with E-state index in [0.717, 1.165) is 38.4 Å². The molecule has 1 aromatic carbocycles. The van der Waals surface area contributed by atoms with Crippen LogP contribution in [0.25, 0.3) is 0 Å². The fraction of sp³-hybridized carbons (Fsp3) is 0.444. The first kappa shape index (κ1) is 17.4. The summed E-state index contributed by atoms with van der Waals surface area (Å²) in [7, 11) is 0. The predicted molar refractivity (Wildman–Crippen MR) is 94.6 cm³/mol. The van der Waals surface area contributed by atoms with E-state index in [2.05, 4.69) is 45.0 Å². The van der Waals surface area contributed by atoms with Crippen molar-refractivity contribution in [3.63, 3.8) is 0 Å². The van der Waals surface area contributed by atoms with Crippen LogP contribution in [0.1, 0.15) is 22.9 Å². The third-order valence-corrected chi connectivity index (χ3v) is 4.20. The van der Waals surface area contributed by atoms with Crippen LogP contribution >= 0.6 is 0 Å². The molecule has 0 radical (unpaired) electrons. The summed E-state index contributed by atoms with van der Waals surface area (Å²) in [6.45, 7) is 7.76. The van der Waals surface area contributed by atoms with Crippen molar-refractivity contribution < 1.29 is 14.1 Å². The standard InChI is InChI=1S/C18H24N4O3/c1-13-3-5-15(6-4-13)16(12-22-7-9-24-10-8-22)19-18(23)20-17-11-14(2)25-21-17/h3-6,11,16H,7-10,12H2,1-2H3,(H2,19,20,21,23)/t16-/m1/s1. The highest BCUT2D eigenvalue weighted by Gasteiger charge is 2.20. The molecule has 7 nitrogen and oxygen atoms in total. The fourth-order valence-electron chi connectivity index (χ4n) is 2.81. The molecule has 1 aromatic heterocycles. The van der Waals surface area contributed by atoms with Gasteiger partial charge in [-0.3, -0.25) is 10.2 Å². The monoisotopic (exact) mass is 344 g/mol. The molecule has 2 aromatic rings. The Morgan fingerprint density at radius 1 is 1.24 bits per heavy atom. The Balaban J connectivity index is 1.68. The summed E-state index contributed by atoms with van der Waals surface area (Å²) in [6.07, 6.45) is 0. The van der Waals surface area contributed by atoms with Crippen molar-refractivity contribution in [2.75, 3.05) is 38.2 Å². The highest BCUT2D eigenvalue weighted by Crippen LogP contribution is 2.17. The molecule has 0 aliphatic carbocycles. The Labute approximate surface area is 147 Å². The molecule has 2 amide bonds. The molecule has 1 atom stereocenters. The molecule has 2 heterocycles. The van der Waals surface area contributed by atoms with E-state index in [1.807, 2.05) is 6.92 Å². The number of aromatic nitrogens is 1. The first-order chi connectivity index (χ1) is 12.1. The molecule has 7 heteroatoms. The number of hydrogen-bond donors (Lipinski definition) is 2. The summed E-state index contributed by atoms with van der Waals surface area (Å²) in [5.74, 6) is 1.06. The normalized spacial score (nSPS) is 16.4. The van der Waals surface area contributed by atoms with Gasteiger partial charge in [-0.2, -0.15) is 0 Å². The lowest BCUT2D eigenvalue weighted by molar-refractivity contribution is 0.0340. The maximum absolute atomic E-state index is 12.4. The number of hydrogen-bond acceptors (Lipinski definition) is 5. The van der Waals surface area contributed by atoms with Gasteiger partial charge in [-0.15, -0.1) is 0 Å². The van der Waals surface area contributed by atoms with Crippen LogP contribution in [0.4, 0.5) is 10.6 Å². The number of carbonyl (C=O) groups excluding carboxylic acids is 1. The van der Waals surface area contributed by atoms with Crippen LogP contribution in [0.3, 0.4) is 0 Å². The van der Waals surface area contributed by atoms with Gasteiger partial charge >= 0.3 is 6.03 Å². The minimum atomic E-state index is -0.299. The van der Waals surface area contributed by atoms with Gasteiger partial charge in [0, 0.05) is 25.7 Å². The molecule has 3 rings (SSSR count). The van der Waals surface area contributed by atoms with Gasteiger partial charge in [0.05, 0.1) is 19.3 Å². The summed E-state index contributed by atoms with van der Waals surface area (Å²) in [5, 5.41) is 9.55. The maximum atomic E-state index is 12.4. The SMILES string of the molecule is Cc1ccc([C@@H](CN2CCOCC2)NC(=O)Nc2cc(C)on2)cc1. The van der Waals surface area contributed by atoms with Crippen LogP contribution in [0, 0.1) is 13.8 Å². The van der Waals surface area contributed by atoms with Crippen LogP contribution < -0.4 is 10.6 Å². The third-order valence-electron chi connectivity index (χ3n) is 4.20. The number of morpholine rings is 1. The first-order valence-electron chi connectivity index (χ1n) is 8.47. The van der Waals surface area contributed by atoms with Crippen LogP contribution in [0.2, 0.25) is 0 Å². The van der Waals surface area contributed by atoms with Crippen molar-refractivity contribution in [1.82, 2.24) is 15.4 Å². The first-order valence-corrected chi connectivity index (χ1v) is 8.47. The summed E-state index contributed by atoms with van der Waals surface area (Å²) >= 11 is 0. The van der Waals surface area contributed by atoms with Crippen molar-refractivity contribution in [3.05, 3.63) is 47.2 Å². The Morgan fingerprint density at radius 2 is 1.96 bits per heavy atom. The predicted octanol–water partition coefficient (Wildman–Crippen LogP) is 2.49. The minimum Gasteiger partial charge on any atom is -0.379 e. The van der Waals surface area contributed by atoms with Gasteiger partial charge in [0.15, 0.2) is 5.82 Å². The molecule has 0 bridgehead atoms. The summed E-state index contributed by atoms with van der Waals surface area (Å²) in [5.41, 5.74) is 2.26. The number of carbonyl (C=O) groups is 1. The molecule has 1 fully saturated rings. The summed E-state index contributed by atoms with van der Waals surface area (Å²) in [4.78, 5) is 14.7. The molecule has 1 saturated heterocycles. The zero-order valence-corrected chi connectivity index (χ0v) is 14.6. The van der Waals surface area contributed by atoms with Crippen LogP contribution in [-0.4, -0.2) is 48.9 Å². The number of nitrogens with one attached hydrogen (secondary N) is 2. The number of urea groups is 1. The molecular formula is C18H24N4O3. The number of aryl methyl sites for hydroxylation is 2. The molecule has 0 saturated carbocycles. The zero-order valence-electron chi connectivity index (χ0n) is 14.6. The van der Waals surface area contributed by atoms with Crippen molar-refractivity contribution in [2.24, 2.45) is 0 Å². The Hall–Kier alpha value is -2.38. The lowest BCUT2D eigenvalue weighted by atomic mass is 10.0. The van der Waals surface area contributed by atoms with Crippen molar-refractivity contribution >= 4 is 11.8 Å². The number of anilines is 1. The molecule has 0 unspecified atom stereocenters. The van der Waals surface area contributed by atoms with E-state index >= 15 is 0 Å². The van der Waals surface area contributed by atoms with Gasteiger partial charge in [0.2, 0.25) is 0 Å². The quantitative estimate of drug-likeness (QED) is 0.871.